The minimum absolute atomic E-state index is 0.0918. The van der Waals surface area contributed by atoms with Crippen molar-refractivity contribution >= 4 is 15.7 Å². The molecule has 0 aliphatic carbocycles. The van der Waals surface area contributed by atoms with E-state index in [9.17, 15) is 8.42 Å². The van der Waals surface area contributed by atoms with Crippen molar-refractivity contribution in [3.8, 4) is 5.75 Å². The number of piperidine rings is 1. The third-order valence-electron chi connectivity index (χ3n) is 5.30. The van der Waals surface area contributed by atoms with Gasteiger partial charge < -0.3 is 14.5 Å². The second-order valence-electron chi connectivity index (χ2n) is 7.59. The summed E-state index contributed by atoms with van der Waals surface area (Å²) in [5.41, 5.74) is 1.12. The lowest BCUT2D eigenvalue weighted by atomic mass is 10.1. The van der Waals surface area contributed by atoms with Gasteiger partial charge in [-0.05, 0) is 45.9 Å². The predicted octanol–water partition coefficient (Wildman–Crippen LogP) is 2.02. The van der Waals surface area contributed by atoms with Crippen LogP contribution in [0.25, 0.3) is 0 Å². The fourth-order valence-corrected chi connectivity index (χ4v) is 4.93. The van der Waals surface area contributed by atoms with Crippen LogP contribution in [-0.2, 0) is 10.0 Å². The van der Waals surface area contributed by atoms with Crippen LogP contribution in [0.15, 0.2) is 24.3 Å². The molecule has 6 nitrogen and oxygen atoms in total. The van der Waals surface area contributed by atoms with Crippen molar-refractivity contribution in [3.63, 3.8) is 0 Å². The van der Waals surface area contributed by atoms with E-state index >= 15 is 0 Å². The molecule has 1 aromatic carbocycles. The molecule has 2 aliphatic heterocycles. The van der Waals surface area contributed by atoms with Crippen molar-refractivity contribution in [2.75, 3.05) is 51.2 Å². The molecule has 0 radical (unpaired) electrons. The molecule has 7 heteroatoms. The van der Waals surface area contributed by atoms with E-state index in [1.807, 2.05) is 18.2 Å². The summed E-state index contributed by atoms with van der Waals surface area (Å²) in [4.78, 5) is 4.69. The Morgan fingerprint density at radius 3 is 2.46 bits per heavy atom. The molecule has 0 amide bonds. The van der Waals surface area contributed by atoms with Crippen molar-refractivity contribution in [2.45, 2.75) is 38.0 Å². The van der Waals surface area contributed by atoms with Crippen LogP contribution in [-0.4, -0.2) is 75.3 Å². The van der Waals surface area contributed by atoms with E-state index in [4.69, 9.17) is 4.74 Å². The highest BCUT2D eigenvalue weighted by Crippen LogP contribution is 2.31. The number of para-hydroxylation sites is 2. The average molecular weight is 382 g/mol. The maximum atomic E-state index is 12.5. The first-order valence-electron chi connectivity index (χ1n) is 9.56. The minimum atomic E-state index is -3.22. The summed E-state index contributed by atoms with van der Waals surface area (Å²) >= 11 is 0. The van der Waals surface area contributed by atoms with Gasteiger partial charge in [-0.25, -0.2) is 8.42 Å². The number of ether oxygens (including phenoxy) is 1. The van der Waals surface area contributed by atoms with E-state index in [2.05, 4.69) is 22.9 Å². The zero-order valence-electron chi connectivity index (χ0n) is 16.1. The molecule has 0 bridgehead atoms. The zero-order chi connectivity index (χ0) is 18.7. The Balaban J connectivity index is 1.71. The molecule has 2 fully saturated rings. The average Bonchev–Trinajstić information content (AvgIpc) is 2.63. The van der Waals surface area contributed by atoms with Gasteiger partial charge in [-0.1, -0.05) is 12.1 Å². The van der Waals surface area contributed by atoms with Crippen LogP contribution in [0.5, 0.6) is 5.75 Å². The monoisotopic (exact) mass is 381 g/mol. The van der Waals surface area contributed by atoms with Gasteiger partial charge >= 0.3 is 0 Å². The Morgan fingerprint density at radius 1 is 1.08 bits per heavy atom. The van der Waals surface area contributed by atoms with Crippen molar-refractivity contribution in [1.29, 1.82) is 0 Å². The summed E-state index contributed by atoms with van der Waals surface area (Å²) in [6.07, 6.45) is 1.64. The number of benzene rings is 1. The largest absolute Gasteiger partial charge is 0.487 e. The summed E-state index contributed by atoms with van der Waals surface area (Å²) < 4.78 is 32.9. The molecular formula is C19H31N3O3S. The van der Waals surface area contributed by atoms with Crippen LogP contribution in [0.1, 0.15) is 26.7 Å². The molecule has 26 heavy (non-hydrogen) atoms. The van der Waals surface area contributed by atoms with E-state index in [1.165, 1.54) is 0 Å². The van der Waals surface area contributed by atoms with Crippen LogP contribution in [0.2, 0.25) is 0 Å². The van der Waals surface area contributed by atoms with Gasteiger partial charge in [0.1, 0.15) is 11.9 Å². The van der Waals surface area contributed by atoms with E-state index in [0.29, 0.717) is 13.1 Å². The second-order valence-corrected chi connectivity index (χ2v) is 10.1. The molecule has 1 aromatic rings. The standard InChI is InChI=1S/C19H31N3O3S/c1-16(2)26(23,24)22-10-6-7-17(15-22)25-19-9-5-4-8-18(19)21-13-11-20(3)12-14-21/h4-5,8-9,16-17H,6-7,10-15H2,1-3H3. The van der Waals surface area contributed by atoms with Gasteiger partial charge in [-0.2, -0.15) is 4.31 Å². The van der Waals surface area contributed by atoms with Gasteiger partial charge in [0.05, 0.1) is 17.5 Å². The molecule has 2 heterocycles. The third kappa shape index (κ3) is 4.32. The molecule has 0 spiro atoms. The number of likely N-dealkylation sites (N-methyl/N-ethyl adjacent to an activating group) is 1. The molecule has 3 rings (SSSR count). The van der Waals surface area contributed by atoms with Gasteiger partial charge in [-0.3, -0.25) is 0 Å². The normalized spacial score (nSPS) is 23.4. The SMILES string of the molecule is CC(C)S(=O)(=O)N1CCCC(Oc2ccccc2N2CCN(C)CC2)C1. The molecule has 1 unspecified atom stereocenters. The molecule has 1 atom stereocenters. The molecule has 2 aliphatic rings. The highest BCUT2D eigenvalue weighted by molar-refractivity contribution is 7.89. The first-order valence-corrected chi connectivity index (χ1v) is 11.1. The number of rotatable bonds is 5. The number of piperazine rings is 1. The van der Waals surface area contributed by atoms with Gasteiger partial charge in [0.2, 0.25) is 10.0 Å². The topological polar surface area (TPSA) is 53.1 Å². The van der Waals surface area contributed by atoms with Gasteiger partial charge in [0, 0.05) is 32.7 Å². The summed E-state index contributed by atoms with van der Waals surface area (Å²) in [5.74, 6) is 0.867. The summed E-state index contributed by atoms with van der Waals surface area (Å²) in [6.45, 7) is 8.56. The van der Waals surface area contributed by atoms with Crippen LogP contribution >= 0.6 is 0 Å². The number of anilines is 1. The fraction of sp³-hybridized carbons (Fsp3) is 0.684. The van der Waals surface area contributed by atoms with Crippen LogP contribution in [0, 0.1) is 0 Å². The van der Waals surface area contributed by atoms with E-state index in [-0.39, 0.29) is 11.4 Å². The van der Waals surface area contributed by atoms with Gasteiger partial charge in [-0.15, -0.1) is 0 Å². The van der Waals surface area contributed by atoms with Crippen molar-refractivity contribution in [3.05, 3.63) is 24.3 Å². The Kier molecular flexibility index (Phi) is 6.10. The number of hydrogen-bond donors (Lipinski definition) is 0. The third-order valence-corrected chi connectivity index (χ3v) is 7.54. The van der Waals surface area contributed by atoms with E-state index < -0.39 is 10.0 Å². The molecule has 2 saturated heterocycles. The minimum Gasteiger partial charge on any atom is -0.487 e. The molecule has 0 N–H and O–H groups in total. The first kappa shape index (κ1) is 19.5. The van der Waals surface area contributed by atoms with Gasteiger partial charge in [0.25, 0.3) is 0 Å². The Bertz CT molecular complexity index is 700. The summed E-state index contributed by atoms with van der Waals surface area (Å²) in [7, 11) is -1.08. The number of sulfonamides is 1. The number of hydrogen-bond acceptors (Lipinski definition) is 5. The van der Waals surface area contributed by atoms with Crippen molar-refractivity contribution in [1.82, 2.24) is 9.21 Å². The Hall–Kier alpha value is -1.31. The molecule has 146 valence electrons. The van der Waals surface area contributed by atoms with E-state index in [1.54, 1.807) is 18.2 Å². The quantitative estimate of drug-likeness (QED) is 0.781. The van der Waals surface area contributed by atoms with Crippen LogP contribution < -0.4 is 9.64 Å². The van der Waals surface area contributed by atoms with Gasteiger partial charge in [0.15, 0.2) is 0 Å². The Morgan fingerprint density at radius 2 is 1.77 bits per heavy atom. The lowest BCUT2D eigenvalue weighted by molar-refractivity contribution is 0.129. The zero-order valence-corrected chi connectivity index (χ0v) is 16.9. The van der Waals surface area contributed by atoms with Crippen LogP contribution in [0.4, 0.5) is 5.69 Å². The lowest BCUT2D eigenvalue weighted by Gasteiger charge is -2.36. The smallest absolute Gasteiger partial charge is 0.216 e. The van der Waals surface area contributed by atoms with Crippen molar-refractivity contribution in [2.24, 2.45) is 0 Å². The highest BCUT2D eigenvalue weighted by Gasteiger charge is 2.32. The first-order chi connectivity index (χ1) is 12.4. The fourth-order valence-electron chi connectivity index (χ4n) is 3.58. The summed E-state index contributed by atoms with van der Waals surface area (Å²) in [6, 6.07) is 8.13. The molecule has 0 saturated carbocycles. The summed E-state index contributed by atoms with van der Waals surface area (Å²) in [5, 5.41) is -0.390. The Labute approximate surface area is 157 Å². The van der Waals surface area contributed by atoms with Crippen molar-refractivity contribution < 1.29 is 13.2 Å². The predicted molar refractivity (Wildman–Crippen MR) is 105 cm³/mol. The highest BCUT2D eigenvalue weighted by atomic mass is 32.2. The second kappa shape index (κ2) is 8.15. The molecular weight excluding hydrogens is 350 g/mol. The maximum Gasteiger partial charge on any atom is 0.216 e. The molecule has 0 aromatic heterocycles. The van der Waals surface area contributed by atoms with E-state index in [0.717, 1.165) is 50.5 Å². The lowest BCUT2D eigenvalue weighted by Crippen LogP contribution is -2.47. The maximum absolute atomic E-state index is 12.5. The van der Waals surface area contributed by atoms with Crippen LogP contribution in [0.3, 0.4) is 0 Å². The number of nitrogens with zero attached hydrogens (tertiary/aromatic N) is 3.